The number of hydrogen-bond donors (Lipinski definition) is 1. The molecule has 0 bridgehead atoms. The van der Waals surface area contributed by atoms with Gasteiger partial charge in [0.05, 0.1) is 11.3 Å². The molecular formula is C24H18F2N2O2. The Hall–Kier alpha value is -3.80. The van der Waals surface area contributed by atoms with Crippen LogP contribution < -0.4 is 10.2 Å². The summed E-state index contributed by atoms with van der Waals surface area (Å²) < 4.78 is 27.8. The van der Waals surface area contributed by atoms with Crippen LogP contribution in [0.5, 0.6) is 0 Å². The van der Waals surface area contributed by atoms with Crippen molar-refractivity contribution in [3.63, 3.8) is 0 Å². The van der Waals surface area contributed by atoms with Crippen molar-refractivity contribution >= 4 is 28.8 Å². The maximum atomic E-state index is 14.4. The normalized spacial score (nSPS) is 13.9. The Bertz CT molecular complexity index is 1200. The van der Waals surface area contributed by atoms with E-state index in [1.54, 1.807) is 36.4 Å². The topological polar surface area (TPSA) is 49.4 Å². The minimum Gasteiger partial charge on any atom is -0.350 e. The number of carbonyl (C=O) groups excluding carboxylic acids is 2. The van der Waals surface area contributed by atoms with Crippen LogP contribution in [0.25, 0.3) is 5.57 Å². The zero-order valence-electron chi connectivity index (χ0n) is 16.4. The SMILES string of the molecule is Cc1ccc(NC2=C(c3ccccc3)C(=O)N(c3ccc(F)cc3F)C2=O)cc1C. The Morgan fingerprint density at radius 1 is 0.800 bits per heavy atom. The molecule has 4 nitrogen and oxygen atoms in total. The third-order valence-corrected chi connectivity index (χ3v) is 5.07. The first kappa shape index (κ1) is 19.5. The monoisotopic (exact) mass is 404 g/mol. The van der Waals surface area contributed by atoms with Crippen molar-refractivity contribution in [2.24, 2.45) is 0 Å². The fourth-order valence-corrected chi connectivity index (χ4v) is 3.36. The number of amides is 2. The summed E-state index contributed by atoms with van der Waals surface area (Å²) >= 11 is 0. The van der Waals surface area contributed by atoms with E-state index in [1.807, 2.05) is 26.0 Å². The molecule has 1 heterocycles. The Labute approximate surface area is 172 Å². The van der Waals surface area contributed by atoms with Gasteiger partial charge >= 0.3 is 0 Å². The van der Waals surface area contributed by atoms with Crippen molar-refractivity contribution in [3.8, 4) is 0 Å². The van der Waals surface area contributed by atoms with E-state index in [0.29, 0.717) is 17.3 Å². The fourth-order valence-electron chi connectivity index (χ4n) is 3.36. The predicted octanol–water partition coefficient (Wildman–Crippen LogP) is 4.98. The van der Waals surface area contributed by atoms with Gasteiger partial charge in [0.25, 0.3) is 11.8 Å². The molecule has 3 aromatic rings. The number of halogens is 2. The minimum absolute atomic E-state index is 0.0400. The quantitative estimate of drug-likeness (QED) is 0.624. The first-order valence-electron chi connectivity index (χ1n) is 9.34. The minimum atomic E-state index is -0.989. The lowest BCUT2D eigenvalue weighted by molar-refractivity contribution is -0.120. The summed E-state index contributed by atoms with van der Waals surface area (Å²) in [7, 11) is 0. The van der Waals surface area contributed by atoms with E-state index in [9.17, 15) is 18.4 Å². The fraction of sp³-hybridized carbons (Fsp3) is 0.0833. The summed E-state index contributed by atoms with van der Waals surface area (Å²) in [6, 6.07) is 17.0. The number of imide groups is 1. The van der Waals surface area contributed by atoms with Gasteiger partial charge < -0.3 is 5.32 Å². The van der Waals surface area contributed by atoms with E-state index in [0.717, 1.165) is 28.2 Å². The summed E-state index contributed by atoms with van der Waals surface area (Å²) in [6.45, 7) is 3.91. The highest BCUT2D eigenvalue weighted by Crippen LogP contribution is 2.35. The van der Waals surface area contributed by atoms with Crippen LogP contribution in [0.4, 0.5) is 20.2 Å². The molecule has 0 unspecified atom stereocenters. The zero-order valence-corrected chi connectivity index (χ0v) is 16.4. The maximum Gasteiger partial charge on any atom is 0.282 e. The molecule has 30 heavy (non-hydrogen) atoms. The number of hydrogen-bond acceptors (Lipinski definition) is 3. The molecule has 1 aliphatic rings. The van der Waals surface area contributed by atoms with E-state index < -0.39 is 23.4 Å². The summed E-state index contributed by atoms with van der Waals surface area (Å²) in [5.41, 5.74) is 3.12. The molecule has 4 rings (SSSR count). The van der Waals surface area contributed by atoms with Crippen LogP contribution in [-0.2, 0) is 9.59 Å². The number of carbonyl (C=O) groups is 2. The lowest BCUT2D eigenvalue weighted by Crippen LogP contribution is -2.33. The molecule has 0 saturated heterocycles. The van der Waals surface area contributed by atoms with E-state index in [4.69, 9.17) is 0 Å². The van der Waals surface area contributed by atoms with Gasteiger partial charge in [-0.25, -0.2) is 13.7 Å². The van der Waals surface area contributed by atoms with Gasteiger partial charge in [0.2, 0.25) is 0 Å². The number of benzene rings is 3. The van der Waals surface area contributed by atoms with Crippen molar-refractivity contribution in [1.82, 2.24) is 0 Å². The van der Waals surface area contributed by atoms with E-state index in [-0.39, 0.29) is 17.0 Å². The van der Waals surface area contributed by atoms with Crippen LogP contribution >= 0.6 is 0 Å². The van der Waals surface area contributed by atoms with Crippen molar-refractivity contribution in [3.05, 3.63) is 101 Å². The van der Waals surface area contributed by atoms with Crippen molar-refractivity contribution < 1.29 is 18.4 Å². The standard InChI is InChI=1S/C24H18F2N2O2/c1-14-8-10-18(12-15(14)2)27-22-21(16-6-4-3-5-7-16)23(29)28(24(22)30)20-11-9-17(25)13-19(20)26/h3-13,27H,1-2H3. The molecule has 1 N–H and O–H groups in total. The van der Waals surface area contributed by atoms with Crippen LogP contribution in [0.1, 0.15) is 16.7 Å². The molecule has 0 spiro atoms. The molecule has 0 radical (unpaired) electrons. The number of anilines is 2. The van der Waals surface area contributed by atoms with Crippen LogP contribution in [0.2, 0.25) is 0 Å². The Morgan fingerprint density at radius 3 is 2.20 bits per heavy atom. The van der Waals surface area contributed by atoms with Gasteiger partial charge in [0.1, 0.15) is 17.3 Å². The molecule has 6 heteroatoms. The van der Waals surface area contributed by atoms with Gasteiger partial charge in [-0.3, -0.25) is 9.59 Å². The highest BCUT2D eigenvalue weighted by Gasteiger charge is 2.41. The van der Waals surface area contributed by atoms with E-state index in [2.05, 4.69) is 5.32 Å². The van der Waals surface area contributed by atoms with E-state index >= 15 is 0 Å². The average Bonchev–Trinajstić information content (AvgIpc) is 2.95. The Kier molecular flexibility index (Phi) is 4.91. The third kappa shape index (κ3) is 3.37. The molecule has 1 aliphatic heterocycles. The molecule has 150 valence electrons. The van der Waals surface area contributed by atoms with Crippen molar-refractivity contribution in [1.29, 1.82) is 0 Å². The smallest absolute Gasteiger partial charge is 0.282 e. The van der Waals surface area contributed by atoms with Crippen LogP contribution in [0.15, 0.2) is 72.4 Å². The number of nitrogens with one attached hydrogen (secondary N) is 1. The van der Waals surface area contributed by atoms with Crippen molar-refractivity contribution in [2.75, 3.05) is 10.2 Å². The number of nitrogens with zero attached hydrogens (tertiary/aromatic N) is 1. The van der Waals surface area contributed by atoms with Crippen LogP contribution in [0, 0.1) is 25.5 Å². The van der Waals surface area contributed by atoms with Gasteiger partial charge in [-0.05, 0) is 54.8 Å². The highest BCUT2D eigenvalue weighted by atomic mass is 19.1. The second kappa shape index (κ2) is 7.55. The lowest BCUT2D eigenvalue weighted by atomic mass is 10.0. The van der Waals surface area contributed by atoms with Gasteiger partial charge in [0, 0.05) is 11.8 Å². The number of rotatable bonds is 4. The van der Waals surface area contributed by atoms with Crippen molar-refractivity contribution in [2.45, 2.75) is 13.8 Å². The lowest BCUT2D eigenvalue weighted by Gasteiger charge is -2.16. The van der Waals surface area contributed by atoms with Gasteiger partial charge in [-0.15, -0.1) is 0 Å². The predicted molar refractivity (Wildman–Crippen MR) is 112 cm³/mol. The molecular weight excluding hydrogens is 386 g/mol. The highest BCUT2D eigenvalue weighted by molar-refractivity contribution is 6.46. The van der Waals surface area contributed by atoms with Gasteiger partial charge in [-0.1, -0.05) is 36.4 Å². The summed E-state index contributed by atoms with van der Waals surface area (Å²) in [5, 5.41) is 3.04. The summed E-state index contributed by atoms with van der Waals surface area (Å²) in [4.78, 5) is 27.2. The molecule has 0 aromatic heterocycles. The number of aryl methyl sites for hydroxylation is 2. The van der Waals surface area contributed by atoms with Gasteiger partial charge in [-0.2, -0.15) is 0 Å². The van der Waals surface area contributed by atoms with Crippen LogP contribution in [0.3, 0.4) is 0 Å². The maximum absolute atomic E-state index is 14.4. The molecule has 0 fully saturated rings. The summed E-state index contributed by atoms with van der Waals surface area (Å²) in [5.74, 6) is -3.16. The van der Waals surface area contributed by atoms with Gasteiger partial charge in [0.15, 0.2) is 0 Å². The Morgan fingerprint density at radius 2 is 1.53 bits per heavy atom. The molecule has 0 aliphatic carbocycles. The molecule has 0 atom stereocenters. The first-order chi connectivity index (χ1) is 14.4. The largest absolute Gasteiger partial charge is 0.350 e. The summed E-state index contributed by atoms with van der Waals surface area (Å²) in [6.07, 6.45) is 0. The first-order valence-corrected chi connectivity index (χ1v) is 9.34. The second-order valence-electron chi connectivity index (χ2n) is 7.08. The average molecular weight is 404 g/mol. The molecule has 2 amide bonds. The van der Waals surface area contributed by atoms with Crippen LogP contribution in [-0.4, -0.2) is 11.8 Å². The zero-order chi connectivity index (χ0) is 21.4. The molecule has 0 saturated carbocycles. The second-order valence-corrected chi connectivity index (χ2v) is 7.08. The third-order valence-electron chi connectivity index (χ3n) is 5.07. The molecule has 3 aromatic carbocycles. The Balaban J connectivity index is 1.83. The van der Waals surface area contributed by atoms with E-state index in [1.165, 1.54) is 0 Å².